The van der Waals surface area contributed by atoms with Crippen LogP contribution in [-0.4, -0.2) is 77.3 Å². The SMILES string of the molecule is CCNC(=NCc1ccccc1-n1ccnc1)N1CCC(N2CCOCC2)C1. The third kappa shape index (κ3) is 4.36. The number of imidazole rings is 1. The molecule has 1 aromatic carbocycles. The maximum Gasteiger partial charge on any atom is 0.194 e. The smallest absolute Gasteiger partial charge is 0.194 e. The highest BCUT2D eigenvalue weighted by atomic mass is 16.5. The van der Waals surface area contributed by atoms with E-state index in [1.165, 1.54) is 12.0 Å². The van der Waals surface area contributed by atoms with Crippen molar-refractivity contribution in [3.8, 4) is 5.69 Å². The van der Waals surface area contributed by atoms with E-state index >= 15 is 0 Å². The Morgan fingerprint density at radius 2 is 2.11 bits per heavy atom. The number of benzene rings is 1. The van der Waals surface area contributed by atoms with Crippen molar-refractivity contribution in [3.05, 3.63) is 48.5 Å². The van der Waals surface area contributed by atoms with E-state index in [4.69, 9.17) is 9.73 Å². The van der Waals surface area contributed by atoms with E-state index in [9.17, 15) is 0 Å². The highest BCUT2D eigenvalue weighted by Gasteiger charge is 2.30. The molecular weight excluding hydrogens is 352 g/mol. The van der Waals surface area contributed by atoms with Crippen LogP contribution >= 0.6 is 0 Å². The number of likely N-dealkylation sites (tertiary alicyclic amines) is 1. The summed E-state index contributed by atoms with van der Waals surface area (Å²) in [4.78, 5) is 14.1. The number of rotatable bonds is 5. The van der Waals surface area contributed by atoms with Gasteiger partial charge in [0.15, 0.2) is 5.96 Å². The molecule has 0 amide bonds. The van der Waals surface area contributed by atoms with Crippen LogP contribution in [0, 0.1) is 0 Å². The first kappa shape index (κ1) is 19.0. The minimum Gasteiger partial charge on any atom is -0.379 e. The molecule has 7 nitrogen and oxygen atoms in total. The number of guanidine groups is 1. The number of ether oxygens (including phenoxy) is 1. The minimum atomic E-state index is 0.603. The summed E-state index contributed by atoms with van der Waals surface area (Å²) >= 11 is 0. The lowest BCUT2D eigenvalue weighted by atomic mass is 10.2. The lowest BCUT2D eigenvalue weighted by molar-refractivity contribution is 0.0195. The lowest BCUT2D eigenvalue weighted by Gasteiger charge is -2.32. The number of para-hydroxylation sites is 1. The summed E-state index contributed by atoms with van der Waals surface area (Å²) in [6, 6.07) is 8.99. The molecule has 2 aliphatic rings. The van der Waals surface area contributed by atoms with Gasteiger partial charge < -0.3 is 19.5 Å². The fourth-order valence-corrected chi connectivity index (χ4v) is 4.06. The monoisotopic (exact) mass is 382 g/mol. The first-order chi connectivity index (χ1) is 13.8. The maximum atomic E-state index is 5.50. The van der Waals surface area contributed by atoms with Crippen LogP contribution in [-0.2, 0) is 11.3 Å². The van der Waals surface area contributed by atoms with Crippen molar-refractivity contribution in [3.63, 3.8) is 0 Å². The van der Waals surface area contributed by atoms with Crippen LogP contribution in [0.3, 0.4) is 0 Å². The molecular formula is C21H30N6O. The van der Waals surface area contributed by atoms with Crippen molar-refractivity contribution < 1.29 is 4.74 Å². The van der Waals surface area contributed by atoms with Gasteiger partial charge in [-0.15, -0.1) is 0 Å². The standard InChI is InChI=1S/C21H30N6O/c1-2-23-21(26-9-7-19(16-26)25-11-13-28-14-12-25)24-15-18-5-3-4-6-20(18)27-10-8-22-17-27/h3-6,8,10,17,19H,2,7,9,11-16H2,1H3,(H,23,24). The Morgan fingerprint density at radius 1 is 1.25 bits per heavy atom. The summed E-state index contributed by atoms with van der Waals surface area (Å²) in [5.41, 5.74) is 2.33. The van der Waals surface area contributed by atoms with Gasteiger partial charge >= 0.3 is 0 Å². The number of hydrogen-bond acceptors (Lipinski definition) is 4. The molecule has 0 aliphatic carbocycles. The largest absolute Gasteiger partial charge is 0.379 e. The fraction of sp³-hybridized carbons (Fsp3) is 0.524. The molecule has 28 heavy (non-hydrogen) atoms. The average molecular weight is 383 g/mol. The van der Waals surface area contributed by atoms with Gasteiger partial charge in [-0.1, -0.05) is 18.2 Å². The van der Waals surface area contributed by atoms with Crippen molar-refractivity contribution in [1.82, 2.24) is 24.7 Å². The predicted octanol–water partition coefficient (Wildman–Crippen LogP) is 1.74. The first-order valence-electron chi connectivity index (χ1n) is 10.3. The number of morpholine rings is 1. The zero-order valence-corrected chi connectivity index (χ0v) is 16.6. The van der Waals surface area contributed by atoms with Crippen LogP contribution in [0.1, 0.15) is 18.9 Å². The number of aromatic nitrogens is 2. The van der Waals surface area contributed by atoms with Crippen molar-refractivity contribution in [2.75, 3.05) is 45.9 Å². The second-order valence-corrected chi connectivity index (χ2v) is 7.31. The van der Waals surface area contributed by atoms with E-state index in [0.717, 1.165) is 57.6 Å². The second-order valence-electron chi connectivity index (χ2n) is 7.31. The topological polar surface area (TPSA) is 57.9 Å². The third-order valence-corrected chi connectivity index (χ3v) is 5.53. The molecule has 1 atom stereocenters. The van der Waals surface area contributed by atoms with Crippen molar-refractivity contribution in [1.29, 1.82) is 0 Å². The lowest BCUT2D eigenvalue weighted by Crippen LogP contribution is -2.46. The maximum absolute atomic E-state index is 5.50. The predicted molar refractivity (Wildman–Crippen MR) is 111 cm³/mol. The van der Waals surface area contributed by atoms with Gasteiger partial charge in [0.2, 0.25) is 0 Å². The number of hydrogen-bond donors (Lipinski definition) is 1. The molecule has 1 aromatic heterocycles. The normalized spacial score (nSPS) is 21.2. The molecule has 0 bridgehead atoms. The van der Waals surface area contributed by atoms with E-state index in [-0.39, 0.29) is 0 Å². The number of aliphatic imine (C=N–C) groups is 1. The van der Waals surface area contributed by atoms with Gasteiger partial charge in [0, 0.05) is 51.2 Å². The highest BCUT2D eigenvalue weighted by Crippen LogP contribution is 2.19. The van der Waals surface area contributed by atoms with Crippen LogP contribution < -0.4 is 5.32 Å². The molecule has 7 heteroatoms. The van der Waals surface area contributed by atoms with Crippen molar-refractivity contribution >= 4 is 5.96 Å². The van der Waals surface area contributed by atoms with Crippen molar-refractivity contribution in [2.24, 2.45) is 4.99 Å². The Kier molecular flexibility index (Phi) is 6.24. The minimum absolute atomic E-state index is 0.603. The van der Waals surface area contributed by atoms with E-state index in [0.29, 0.717) is 12.6 Å². The molecule has 2 fully saturated rings. The molecule has 2 aromatic rings. The molecule has 1 N–H and O–H groups in total. The average Bonchev–Trinajstić information content (AvgIpc) is 3.44. The van der Waals surface area contributed by atoms with E-state index in [1.807, 2.05) is 17.1 Å². The molecule has 4 rings (SSSR count). The molecule has 3 heterocycles. The second kappa shape index (κ2) is 9.21. The van der Waals surface area contributed by atoms with Crippen LogP contribution in [0.15, 0.2) is 48.0 Å². The van der Waals surface area contributed by atoms with Gasteiger partial charge in [-0.25, -0.2) is 9.98 Å². The highest BCUT2D eigenvalue weighted by molar-refractivity contribution is 5.80. The Labute approximate surface area is 167 Å². The molecule has 0 spiro atoms. The zero-order valence-electron chi connectivity index (χ0n) is 16.6. The van der Waals surface area contributed by atoms with Gasteiger partial charge in [-0.3, -0.25) is 4.90 Å². The summed E-state index contributed by atoms with van der Waals surface area (Å²) < 4.78 is 7.55. The number of nitrogens with one attached hydrogen (secondary N) is 1. The zero-order chi connectivity index (χ0) is 19.2. The fourth-order valence-electron chi connectivity index (χ4n) is 4.06. The van der Waals surface area contributed by atoms with Crippen LogP contribution in [0.5, 0.6) is 0 Å². The molecule has 2 saturated heterocycles. The Morgan fingerprint density at radius 3 is 2.89 bits per heavy atom. The summed E-state index contributed by atoms with van der Waals surface area (Å²) in [7, 11) is 0. The van der Waals surface area contributed by atoms with Crippen molar-refractivity contribution in [2.45, 2.75) is 25.9 Å². The van der Waals surface area contributed by atoms with Gasteiger partial charge in [0.05, 0.1) is 31.8 Å². The Hall–Kier alpha value is -2.38. The van der Waals surface area contributed by atoms with E-state index in [1.54, 1.807) is 6.20 Å². The van der Waals surface area contributed by atoms with Crippen LogP contribution in [0.2, 0.25) is 0 Å². The Balaban J connectivity index is 1.46. The third-order valence-electron chi connectivity index (χ3n) is 5.53. The first-order valence-corrected chi connectivity index (χ1v) is 10.3. The van der Waals surface area contributed by atoms with E-state index in [2.05, 4.69) is 51.3 Å². The summed E-state index contributed by atoms with van der Waals surface area (Å²) in [5, 5.41) is 3.49. The van der Waals surface area contributed by atoms with Gasteiger partial charge in [0.25, 0.3) is 0 Å². The summed E-state index contributed by atoms with van der Waals surface area (Å²) in [6.45, 7) is 9.55. The molecule has 0 radical (unpaired) electrons. The van der Waals surface area contributed by atoms with Gasteiger partial charge in [-0.05, 0) is 25.0 Å². The van der Waals surface area contributed by atoms with Gasteiger partial charge in [0.1, 0.15) is 0 Å². The van der Waals surface area contributed by atoms with E-state index < -0.39 is 0 Å². The molecule has 2 aliphatic heterocycles. The Bertz CT molecular complexity index is 769. The quantitative estimate of drug-likeness (QED) is 0.631. The summed E-state index contributed by atoms with van der Waals surface area (Å²) in [5.74, 6) is 1.01. The van der Waals surface area contributed by atoms with Crippen LogP contribution in [0.4, 0.5) is 0 Å². The molecule has 0 saturated carbocycles. The summed E-state index contributed by atoms with van der Waals surface area (Å²) in [6.07, 6.45) is 6.80. The number of nitrogens with zero attached hydrogens (tertiary/aromatic N) is 5. The van der Waals surface area contributed by atoms with Gasteiger partial charge in [-0.2, -0.15) is 0 Å². The molecule has 150 valence electrons. The van der Waals surface area contributed by atoms with Crippen LogP contribution in [0.25, 0.3) is 5.69 Å². The molecule has 1 unspecified atom stereocenters.